The van der Waals surface area contributed by atoms with Crippen LogP contribution in [-0.2, 0) is 17.3 Å². The van der Waals surface area contributed by atoms with Gasteiger partial charge in [0.25, 0.3) is 0 Å². The number of aryl methyl sites for hydroxylation is 1. The summed E-state index contributed by atoms with van der Waals surface area (Å²) in [4.78, 5) is 11.2. The number of rotatable bonds is 8. The average Bonchev–Trinajstić information content (AvgIpc) is 2.86. The minimum atomic E-state index is -1.18. The molecule has 0 bridgehead atoms. The summed E-state index contributed by atoms with van der Waals surface area (Å²) < 4.78 is 0. The summed E-state index contributed by atoms with van der Waals surface area (Å²) in [5, 5.41) is 34.0. The number of benzene rings is 3. The molecule has 0 spiro atoms. The van der Waals surface area contributed by atoms with Crippen molar-refractivity contribution in [3.63, 3.8) is 0 Å². The molecular weight excluding hydrogens is 474 g/mol. The number of phenols is 1. The molecule has 0 fully saturated rings. The van der Waals surface area contributed by atoms with Crippen LogP contribution in [0.1, 0.15) is 90.4 Å². The van der Waals surface area contributed by atoms with Crippen molar-refractivity contribution >= 4 is 17.7 Å². The van der Waals surface area contributed by atoms with E-state index in [4.69, 9.17) is 5.11 Å². The van der Waals surface area contributed by atoms with Gasteiger partial charge in [-0.1, -0.05) is 81.8 Å². The lowest BCUT2D eigenvalue weighted by Gasteiger charge is -2.43. The normalized spacial score (nSPS) is 16.7. The third-order valence-corrected chi connectivity index (χ3v) is 7.86. The lowest BCUT2D eigenvalue weighted by atomic mass is 9.62. The summed E-state index contributed by atoms with van der Waals surface area (Å²) in [6, 6.07) is 17.2. The van der Waals surface area contributed by atoms with Crippen molar-refractivity contribution < 1.29 is 20.1 Å². The maximum atomic E-state index is 11.2. The molecule has 3 aromatic rings. The highest BCUT2D eigenvalue weighted by Crippen LogP contribution is 2.49. The molecule has 1 unspecified atom stereocenters. The summed E-state index contributed by atoms with van der Waals surface area (Å²) >= 11 is 0. The number of hydrogen-bond acceptors (Lipinski definition) is 4. The highest BCUT2D eigenvalue weighted by atomic mass is 16.4. The van der Waals surface area contributed by atoms with Crippen molar-refractivity contribution in [2.75, 3.05) is 11.9 Å². The van der Waals surface area contributed by atoms with E-state index in [0.29, 0.717) is 5.56 Å². The van der Waals surface area contributed by atoms with Crippen LogP contribution in [-0.4, -0.2) is 27.8 Å². The quantitative estimate of drug-likeness (QED) is 0.257. The summed E-state index contributed by atoms with van der Waals surface area (Å²) in [5.41, 5.74) is 7.46. The van der Waals surface area contributed by atoms with Crippen LogP contribution >= 0.6 is 0 Å². The fraction of sp³-hybridized carbons (Fsp3) is 0.364. The number of aromatic carboxylic acids is 1. The van der Waals surface area contributed by atoms with E-state index in [2.05, 4.69) is 76.3 Å². The number of hydrogen-bond donors (Lipinski definition) is 4. The van der Waals surface area contributed by atoms with Crippen LogP contribution in [0.3, 0.4) is 0 Å². The lowest BCUT2D eigenvalue weighted by molar-refractivity contribution is 0.0693. The Hall–Kier alpha value is -3.57. The molecule has 0 aliphatic heterocycles. The lowest BCUT2D eigenvalue weighted by Crippen LogP contribution is -2.35. The van der Waals surface area contributed by atoms with Gasteiger partial charge in [-0.2, -0.15) is 0 Å². The third-order valence-electron chi connectivity index (χ3n) is 7.86. The molecule has 38 heavy (non-hydrogen) atoms. The molecule has 0 saturated heterocycles. The summed E-state index contributed by atoms with van der Waals surface area (Å²) in [6.07, 6.45) is 5.59. The molecule has 0 saturated carbocycles. The number of aromatic hydroxyl groups is 1. The molecule has 1 atom stereocenters. The highest BCUT2D eigenvalue weighted by Gasteiger charge is 2.39. The van der Waals surface area contributed by atoms with E-state index in [-0.39, 0.29) is 22.1 Å². The second-order valence-electron chi connectivity index (χ2n) is 11.8. The zero-order chi connectivity index (χ0) is 27.7. The van der Waals surface area contributed by atoms with Gasteiger partial charge in [-0.15, -0.1) is 0 Å². The molecule has 0 radical (unpaired) electrons. The molecule has 0 amide bonds. The molecule has 1 aliphatic rings. The van der Waals surface area contributed by atoms with Gasteiger partial charge in [-0.3, -0.25) is 0 Å². The first-order valence-corrected chi connectivity index (χ1v) is 13.3. The predicted molar refractivity (Wildman–Crippen MR) is 154 cm³/mol. The van der Waals surface area contributed by atoms with Crippen molar-refractivity contribution in [3.05, 3.63) is 99.6 Å². The van der Waals surface area contributed by atoms with Gasteiger partial charge in [-0.05, 0) is 83.0 Å². The van der Waals surface area contributed by atoms with Crippen LogP contribution in [0.2, 0.25) is 0 Å². The van der Waals surface area contributed by atoms with E-state index in [1.165, 1.54) is 34.4 Å². The first-order chi connectivity index (χ1) is 17.9. The van der Waals surface area contributed by atoms with E-state index in [1.54, 1.807) is 18.2 Å². The Morgan fingerprint density at radius 2 is 1.68 bits per heavy atom. The van der Waals surface area contributed by atoms with E-state index < -0.39 is 12.1 Å². The number of anilines is 1. The van der Waals surface area contributed by atoms with E-state index >= 15 is 0 Å². The first kappa shape index (κ1) is 27.5. The van der Waals surface area contributed by atoms with Crippen LogP contribution in [0, 0.1) is 6.92 Å². The molecule has 0 aromatic heterocycles. The van der Waals surface area contributed by atoms with Gasteiger partial charge in [0.1, 0.15) is 11.3 Å². The Bertz CT molecular complexity index is 1350. The van der Waals surface area contributed by atoms with Gasteiger partial charge in [0.15, 0.2) is 0 Å². The van der Waals surface area contributed by atoms with Crippen LogP contribution in [0.25, 0.3) is 6.08 Å². The monoisotopic (exact) mass is 513 g/mol. The molecule has 5 nitrogen and oxygen atoms in total. The number of nitrogens with one attached hydrogen (secondary N) is 1. The number of carbonyl (C=O) groups is 1. The molecule has 1 aliphatic carbocycles. The van der Waals surface area contributed by atoms with Gasteiger partial charge >= 0.3 is 5.97 Å². The fourth-order valence-electron chi connectivity index (χ4n) is 5.36. The van der Waals surface area contributed by atoms with Crippen molar-refractivity contribution in [1.82, 2.24) is 0 Å². The van der Waals surface area contributed by atoms with Crippen molar-refractivity contribution in [3.8, 4) is 5.75 Å². The number of fused-ring (bicyclic) bond motifs is 1. The Morgan fingerprint density at radius 3 is 2.34 bits per heavy atom. The maximum absolute atomic E-state index is 11.2. The number of carboxylic acid groups (broad SMARTS) is 1. The van der Waals surface area contributed by atoms with E-state index in [1.807, 2.05) is 0 Å². The molecule has 4 N–H and O–H groups in total. The van der Waals surface area contributed by atoms with Gasteiger partial charge < -0.3 is 20.6 Å². The Balaban J connectivity index is 1.65. The van der Waals surface area contributed by atoms with Crippen LogP contribution in [0.4, 0.5) is 5.69 Å². The van der Waals surface area contributed by atoms with Crippen molar-refractivity contribution in [2.45, 2.75) is 70.8 Å². The van der Waals surface area contributed by atoms with Crippen molar-refractivity contribution in [1.29, 1.82) is 0 Å². The summed E-state index contributed by atoms with van der Waals surface area (Å²) in [5.74, 6) is -1.48. The number of aliphatic hydroxyl groups excluding tert-OH is 1. The average molecular weight is 514 g/mol. The molecule has 3 aromatic carbocycles. The second kappa shape index (κ2) is 10.7. The minimum absolute atomic E-state index is 0.0137. The van der Waals surface area contributed by atoms with E-state index in [0.717, 1.165) is 37.1 Å². The standard InChI is InChI=1S/C33H39NO4/c1-21-6-8-22(9-7-21)14-17-34-27-20-24(19-26-30(27)33(4,5)16-15-32(26,2)3)28(35)13-11-23-10-12-25(31(37)38)29(36)18-23/h6-13,18-20,28,34-36H,14-17H2,1-5H3,(H,37,38). The second-order valence-corrected chi connectivity index (χ2v) is 11.8. The molecule has 200 valence electrons. The SMILES string of the molecule is Cc1ccc(CCNc2cc(C(O)C=Cc3ccc(C(=O)O)c(O)c3)cc3c2C(C)(C)CCC3(C)C)cc1. The van der Waals surface area contributed by atoms with Crippen LogP contribution in [0.5, 0.6) is 5.75 Å². The van der Waals surface area contributed by atoms with Crippen LogP contribution < -0.4 is 5.32 Å². The molecule has 4 rings (SSSR count). The number of aliphatic hydroxyl groups is 1. The largest absolute Gasteiger partial charge is 0.507 e. The Kier molecular flexibility index (Phi) is 7.70. The fourth-order valence-corrected chi connectivity index (χ4v) is 5.36. The predicted octanol–water partition coefficient (Wildman–Crippen LogP) is 7.15. The van der Waals surface area contributed by atoms with Gasteiger partial charge in [0.05, 0.1) is 6.10 Å². The van der Waals surface area contributed by atoms with Crippen LogP contribution in [0.15, 0.2) is 60.7 Å². The highest BCUT2D eigenvalue weighted by molar-refractivity contribution is 5.91. The summed E-state index contributed by atoms with van der Waals surface area (Å²) in [6.45, 7) is 12.0. The third kappa shape index (κ3) is 5.94. The van der Waals surface area contributed by atoms with Crippen molar-refractivity contribution in [2.24, 2.45) is 0 Å². The zero-order valence-electron chi connectivity index (χ0n) is 23.0. The molecular formula is C33H39NO4. The van der Waals surface area contributed by atoms with Gasteiger partial charge in [-0.25, -0.2) is 4.79 Å². The maximum Gasteiger partial charge on any atom is 0.339 e. The van der Waals surface area contributed by atoms with Gasteiger partial charge in [0, 0.05) is 12.2 Å². The first-order valence-electron chi connectivity index (χ1n) is 13.3. The molecule has 5 heteroatoms. The Labute approximate surface area is 225 Å². The molecule has 0 heterocycles. The smallest absolute Gasteiger partial charge is 0.339 e. The Morgan fingerprint density at radius 1 is 1.00 bits per heavy atom. The number of carboxylic acids is 1. The van der Waals surface area contributed by atoms with E-state index in [9.17, 15) is 15.0 Å². The van der Waals surface area contributed by atoms with Gasteiger partial charge in [0.2, 0.25) is 0 Å². The topological polar surface area (TPSA) is 89.8 Å². The zero-order valence-corrected chi connectivity index (χ0v) is 23.0. The minimum Gasteiger partial charge on any atom is -0.507 e. The summed E-state index contributed by atoms with van der Waals surface area (Å²) in [7, 11) is 0.